The van der Waals surface area contributed by atoms with E-state index >= 15 is 0 Å². The molecule has 0 aromatic carbocycles. The minimum atomic E-state index is 0.0463. The lowest BCUT2D eigenvalue weighted by Crippen LogP contribution is -2.32. The normalized spacial score (nSPS) is 9.95. The van der Waals surface area contributed by atoms with Gasteiger partial charge in [-0.15, -0.1) is 23.4 Å². The highest BCUT2D eigenvalue weighted by atomic mass is 32.2. The van der Waals surface area contributed by atoms with Crippen LogP contribution in [0, 0.1) is 0 Å². The van der Waals surface area contributed by atoms with E-state index in [1.165, 1.54) is 23.1 Å². The summed E-state index contributed by atoms with van der Waals surface area (Å²) in [5, 5.41) is 11.9. The van der Waals surface area contributed by atoms with E-state index in [-0.39, 0.29) is 5.91 Å². The van der Waals surface area contributed by atoms with Crippen molar-refractivity contribution in [2.75, 3.05) is 30.7 Å². The summed E-state index contributed by atoms with van der Waals surface area (Å²) >= 11 is 2.86. The van der Waals surface area contributed by atoms with Crippen molar-refractivity contribution >= 4 is 34.1 Å². The molecule has 7 heteroatoms. The second kappa shape index (κ2) is 8.71. The summed E-state index contributed by atoms with van der Waals surface area (Å²) in [6.07, 6.45) is 3.42. The Morgan fingerprint density at radius 3 is 2.68 bits per heavy atom. The molecule has 0 atom stereocenters. The maximum absolute atomic E-state index is 12.0. The molecule has 0 spiro atoms. The molecule has 1 amide bonds. The molecule has 0 saturated carbocycles. The highest BCUT2D eigenvalue weighted by Crippen LogP contribution is 2.25. The van der Waals surface area contributed by atoms with E-state index in [1.807, 2.05) is 6.92 Å². The zero-order valence-corrected chi connectivity index (χ0v) is 12.6. The molecule has 0 unspecified atom stereocenters. The first-order chi connectivity index (χ1) is 9.21. The minimum absolute atomic E-state index is 0.0463. The van der Waals surface area contributed by atoms with Gasteiger partial charge in [0.05, 0.1) is 5.75 Å². The molecule has 19 heavy (non-hydrogen) atoms. The van der Waals surface area contributed by atoms with Gasteiger partial charge in [-0.1, -0.05) is 35.3 Å². The Balaban J connectivity index is 2.46. The number of nitrogens with one attached hydrogen (secondary N) is 1. The van der Waals surface area contributed by atoms with Crippen molar-refractivity contribution in [3.05, 3.63) is 25.3 Å². The first kappa shape index (κ1) is 15.7. The van der Waals surface area contributed by atoms with Crippen LogP contribution in [0.2, 0.25) is 0 Å². The van der Waals surface area contributed by atoms with Crippen molar-refractivity contribution in [3.63, 3.8) is 0 Å². The third kappa shape index (κ3) is 5.44. The van der Waals surface area contributed by atoms with Crippen LogP contribution in [0.5, 0.6) is 0 Å². The summed E-state index contributed by atoms with van der Waals surface area (Å²) in [6, 6.07) is 0. The summed E-state index contributed by atoms with van der Waals surface area (Å²) in [4.78, 5) is 13.7. The predicted molar refractivity (Wildman–Crippen MR) is 81.8 cm³/mol. The first-order valence-electron chi connectivity index (χ1n) is 5.91. The van der Waals surface area contributed by atoms with Gasteiger partial charge in [-0.25, -0.2) is 0 Å². The first-order valence-corrected chi connectivity index (χ1v) is 7.71. The number of hydrogen-bond acceptors (Lipinski definition) is 6. The third-order valence-corrected chi connectivity index (χ3v) is 4.10. The molecule has 0 aliphatic heterocycles. The molecule has 1 rings (SSSR count). The van der Waals surface area contributed by atoms with Crippen molar-refractivity contribution in [3.8, 4) is 0 Å². The van der Waals surface area contributed by atoms with Crippen LogP contribution in [0.4, 0.5) is 5.13 Å². The van der Waals surface area contributed by atoms with Gasteiger partial charge in [0.25, 0.3) is 0 Å². The Morgan fingerprint density at radius 1 is 1.42 bits per heavy atom. The molecule has 104 valence electrons. The number of thioether (sulfide) groups is 1. The van der Waals surface area contributed by atoms with Gasteiger partial charge < -0.3 is 10.2 Å². The van der Waals surface area contributed by atoms with Crippen LogP contribution < -0.4 is 5.32 Å². The second-order valence-electron chi connectivity index (χ2n) is 3.57. The van der Waals surface area contributed by atoms with Crippen molar-refractivity contribution in [1.82, 2.24) is 15.1 Å². The highest BCUT2D eigenvalue weighted by Gasteiger charge is 2.12. The van der Waals surface area contributed by atoms with Gasteiger partial charge in [0.15, 0.2) is 4.34 Å². The maximum atomic E-state index is 12.0. The van der Waals surface area contributed by atoms with Gasteiger partial charge in [0.2, 0.25) is 11.0 Å². The molecule has 0 aliphatic carbocycles. The summed E-state index contributed by atoms with van der Waals surface area (Å²) in [5.41, 5.74) is 0. The Hall–Kier alpha value is -1.34. The third-order valence-electron chi connectivity index (χ3n) is 2.11. The summed E-state index contributed by atoms with van der Waals surface area (Å²) in [7, 11) is 0. The van der Waals surface area contributed by atoms with Crippen LogP contribution in [0.15, 0.2) is 29.6 Å². The van der Waals surface area contributed by atoms with E-state index < -0.39 is 0 Å². The van der Waals surface area contributed by atoms with E-state index in [0.717, 1.165) is 16.0 Å². The van der Waals surface area contributed by atoms with Crippen molar-refractivity contribution in [2.45, 2.75) is 11.3 Å². The lowest BCUT2D eigenvalue weighted by molar-refractivity contribution is -0.127. The molecular formula is C12H18N4OS2. The largest absolute Gasteiger partial charge is 0.360 e. The lowest BCUT2D eigenvalue weighted by Gasteiger charge is -2.18. The van der Waals surface area contributed by atoms with E-state index in [0.29, 0.717) is 18.8 Å². The van der Waals surface area contributed by atoms with Gasteiger partial charge in [-0.05, 0) is 6.92 Å². The fourth-order valence-electron chi connectivity index (χ4n) is 1.30. The fraction of sp³-hybridized carbons (Fsp3) is 0.417. The predicted octanol–water partition coefficient (Wildman–Crippen LogP) is 2.26. The van der Waals surface area contributed by atoms with Crippen LogP contribution in [-0.4, -0.2) is 46.4 Å². The van der Waals surface area contributed by atoms with Crippen LogP contribution in [0.25, 0.3) is 0 Å². The molecule has 0 fully saturated rings. The van der Waals surface area contributed by atoms with E-state index in [1.54, 1.807) is 17.1 Å². The molecule has 0 saturated heterocycles. The standard InChI is InChI=1S/C12H18N4OS2/c1-4-7-16(8-5-2)10(17)9-18-12-15-14-11(19-12)13-6-3/h4-5H,1-2,6-9H2,3H3,(H,13,14). The molecule has 1 heterocycles. The summed E-state index contributed by atoms with van der Waals surface area (Å²) < 4.78 is 0.793. The number of carbonyl (C=O) groups excluding carboxylic acids is 1. The van der Waals surface area contributed by atoms with E-state index in [9.17, 15) is 4.79 Å². The molecule has 0 radical (unpaired) electrons. The fourth-order valence-corrected chi connectivity index (χ4v) is 3.02. The number of hydrogen-bond donors (Lipinski definition) is 1. The molecule has 1 N–H and O–H groups in total. The Labute approximate surface area is 121 Å². The van der Waals surface area contributed by atoms with Gasteiger partial charge in [-0.2, -0.15) is 0 Å². The summed E-state index contributed by atoms with van der Waals surface area (Å²) in [5.74, 6) is 0.396. The van der Waals surface area contributed by atoms with Gasteiger partial charge in [0, 0.05) is 19.6 Å². The average molecular weight is 298 g/mol. The molecule has 1 aromatic heterocycles. The van der Waals surface area contributed by atoms with Crippen LogP contribution in [0.3, 0.4) is 0 Å². The number of carbonyl (C=O) groups is 1. The number of amides is 1. The lowest BCUT2D eigenvalue weighted by atomic mass is 10.4. The monoisotopic (exact) mass is 298 g/mol. The van der Waals surface area contributed by atoms with Gasteiger partial charge >= 0.3 is 0 Å². The van der Waals surface area contributed by atoms with Crippen molar-refractivity contribution in [1.29, 1.82) is 0 Å². The van der Waals surface area contributed by atoms with E-state index in [2.05, 4.69) is 28.7 Å². The molecule has 5 nitrogen and oxygen atoms in total. The Bertz CT molecular complexity index is 423. The topological polar surface area (TPSA) is 58.1 Å². The number of anilines is 1. The quantitative estimate of drug-likeness (QED) is 0.560. The summed E-state index contributed by atoms with van der Waals surface area (Å²) in [6.45, 7) is 11.2. The molecule has 0 aliphatic rings. The highest BCUT2D eigenvalue weighted by molar-refractivity contribution is 8.01. The Kier molecular flexibility index (Phi) is 7.20. The van der Waals surface area contributed by atoms with Crippen molar-refractivity contribution in [2.24, 2.45) is 0 Å². The average Bonchev–Trinajstić information content (AvgIpc) is 2.84. The van der Waals surface area contributed by atoms with Gasteiger partial charge in [0.1, 0.15) is 0 Å². The minimum Gasteiger partial charge on any atom is -0.360 e. The van der Waals surface area contributed by atoms with E-state index in [4.69, 9.17) is 0 Å². The van der Waals surface area contributed by atoms with Gasteiger partial charge in [-0.3, -0.25) is 4.79 Å². The zero-order valence-electron chi connectivity index (χ0n) is 11.0. The van der Waals surface area contributed by atoms with Crippen LogP contribution in [-0.2, 0) is 4.79 Å². The Morgan fingerprint density at radius 2 is 2.11 bits per heavy atom. The molecular weight excluding hydrogens is 280 g/mol. The molecule has 0 bridgehead atoms. The number of rotatable bonds is 9. The smallest absolute Gasteiger partial charge is 0.233 e. The van der Waals surface area contributed by atoms with Crippen LogP contribution in [0.1, 0.15) is 6.92 Å². The SMILES string of the molecule is C=CCN(CC=C)C(=O)CSc1nnc(NCC)s1. The van der Waals surface area contributed by atoms with Crippen LogP contribution >= 0.6 is 23.1 Å². The van der Waals surface area contributed by atoms with Crippen molar-refractivity contribution < 1.29 is 4.79 Å². The molecule has 1 aromatic rings. The zero-order chi connectivity index (χ0) is 14.1. The number of nitrogens with zero attached hydrogens (tertiary/aromatic N) is 3. The maximum Gasteiger partial charge on any atom is 0.233 e. The second-order valence-corrected chi connectivity index (χ2v) is 5.77. The number of aromatic nitrogens is 2.